The van der Waals surface area contributed by atoms with Crippen LogP contribution in [0.1, 0.15) is 11.1 Å². The second kappa shape index (κ2) is 7.33. The number of nitrogens with zero attached hydrogens (tertiary/aromatic N) is 2. The van der Waals surface area contributed by atoms with Crippen LogP contribution >= 0.6 is 34.8 Å². The van der Waals surface area contributed by atoms with Crippen molar-refractivity contribution in [3.05, 3.63) is 91.1 Å². The first-order chi connectivity index (χ1) is 12.0. The van der Waals surface area contributed by atoms with E-state index in [9.17, 15) is 10.1 Å². The average molecular weight is 390 g/mol. The van der Waals surface area contributed by atoms with Gasteiger partial charge in [0, 0.05) is 15.1 Å². The first-order valence-electron chi connectivity index (χ1n) is 7.33. The van der Waals surface area contributed by atoms with Gasteiger partial charge < -0.3 is 4.57 Å². The first-order valence-corrected chi connectivity index (χ1v) is 8.47. The zero-order valence-electron chi connectivity index (χ0n) is 12.8. The van der Waals surface area contributed by atoms with Gasteiger partial charge in [-0.15, -0.1) is 0 Å². The molecule has 0 unspecified atom stereocenters. The van der Waals surface area contributed by atoms with Crippen LogP contribution in [0.3, 0.4) is 0 Å². The zero-order valence-corrected chi connectivity index (χ0v) is 15.1. The molecule has 3 aromatic rings. The third kappa shape index (κ3) is 3.72. The van der Waals surface area contributed by atoms with E-state index in [0.717, 1.165) is 11.1 Å². The summed E-state index contributed by atoms with van der Waals surface area (Å²) in [6, 6.07) is 17.4. The summed E-state index contributed by atoms with van der Waals surface area (Å²) in [5.41, 5.74) is 1.92. The Morgan fingerprint density at radius 1 is 0.920 bits per heavy atom. The Kier molecular flexibility index (Phi) is 5.15. The SMILES string of the molecule is N#Cc1ccc(-c2ccc(Cl)cc2)n(Cc2ccc(Cl)cc2Cl)c1=O. The van der Waals surface area contributed by atoms with Crippen LogP contribution in [0.4, 0.5) is 0 Å². The molecule has 0 saturated carbocycles. The predicted octanol–water partition coefficient (Wildman–Crippen LogP) is 5.40. The van der Waals surface area contributed by atoms with E-state index in [-0.39, 0.29) is 17.7 Å². The Labute approximate surface area is 159 Å². The summed E-state index contributed by atoms with van der Waals surface area (Å²) < 4.78 is 1.52. The fourth-order valence-electron chi connectivity index (χ4n) is 2.51. The topological polar surface area (TPSA) is 45.8 Å². The highest BCUT2D eigenvalue weighted by Gasteiger charge is 2.12. The number of nitriles is 1. The number of rotatable bonds is 3. The summed E-state index contributed by atoms with van der Waals surface area (Å²) in [6.07, 6.45) is 0. The summed E-state index contributed by atoms with van der Waals surface area (Å²) in [6.45, 7) is 0.225. The maximum Gasteiger partial charge on any atom is 0.269 e. The largest absolute Gasteiger partial charge is 0.303 e. The van der Waals surface area contributed by atoms with E-state index in [1.807, 2.05) is 18.2 Å². The van der Waals surface area contributed by atoms with Crippen molar-refractivity contribution in [1.29, 1.82) is 5.26 Å². The molecule has 0 radical (unpaired) electrons. The van der Waals surface area contributed by atoms with Gasteiger partial charge in [0.05, 0.1) is 12.2 Å². The van der Waals surface area contributed by atoms with Crippen molar-refractivity contribution >= 4 is 34.8 Å². The summed E-state index contributed by atoms with van der Waals surface area (Å²) >= 11 is 18.1. The van der Waals surface area contributed by atoms with Gasteiger partial charge >= 0.3 is 0 Å². The van der Waals surface area contributed by atoms with Crippen molar-refractivity contribution in [3.8, 4) is 17.3 Å². The molecular formula is C19H11Cl3N2O. The molecule has 0 atom stereocenters. The summed E-state index contributed by atoms with van der Waals surface area (Å²) in [5, 5.41) is 10.8. The molecule has 1 aromatic heterocycles. The normalized spacial score (nSPS) is 10.5. The molecule has 25 heavy (non-hydrogen) atoms. The number of aromatic nitrogens is 1. The van der Waals surface area contributed by atoms with Crippen LogP contribution in [0.25, 0.3) is 11.3 Å². The lowest BCUT2D eigenvalue weighted by molar-refractivity contribution is 0.766. The summed E-state index contributed by atoms with van der Waals surface area (Å²) in [7, 11) is 0. The van der Waals surface area contributed by atoms with E-state index in [2.05, 4.69) is 0 Å². The van der Waals surface area contributed by atoms with E-state index >= 15 is 0 Å². The van der Waals surface area contributed by atoms with Gasteiger partial charge in [-0.2, -0.15) is 5.26 Å². The van der Waals surface area contributed by atoms with Gasteiger partial charge in [0.2, 0.25) is 0 Å². The molecule has 0 aliphatic heterocycles. The standard InChI is InChI=1S/C19H11Cl3N2O/c20-15-5-1-12(2-6-15)18-8-4-13(10-23)19(25)24(18)11-14-3-7-16(21)9-17(14)22/h1-9H,11H2. The lowest BCUT2D eigenvalue weighted by Gasteiger charge is -2.15. The number of pyridine rings is 1. The minimum atomic E-state index is -0.374. The van der Waals surface area contributed by atoms with E-state index in [4.69, 9.17) is 34.8 Å². The monoisotopic (exact) mass is 388 g/mol. The summed E-state index contributed by atoms with van der Waals surface area (Å²) in [5.74, 6) is 0. The van der Waals surface area contributed by atoms with Crippen LogP contribution in [0.15, 0.2) is 59.4 Å². The third-order valence-corrected chi connectivity index (χ3v) is 4.62. The van der Waals surface area contributed by atoms with E-state index in [0.29, 0.717) is 20.8 Å². The van der Waals surface area contributed by atoms with Crippen LogP contribution in [0, 0.1) is 11.3 Å². The highest BCUT2D eigenvalue weighted by molar-refractivity contribution is 6.35. The lowest BCUT2D eigenvalue weighted by Crippen LogP contribution is -2.24. The molecule has 2 aromatic carbocycles. The highest BCUT2D eigenvalue weighted by atomic mass is 35.5. The van der Waals surface area contributed by atoms with Crippen molar-refractivity contribution in [2.75, 3.05) is 0 Å². The Morgan fingerprint density at radius 3 is 2.24 bits per heavy atom. The van der Waals surface area contributed by atoms with Crippen molar-refractivity contribution in [3.63, 3.8) is 0 Å². The van der Waals surface area contributed by atoms with Crippen LogP contribution in [0.5, 0.6) is 0 Å². The fourth-order valence-corrected chi connectivity index (χ4v) is 3.11. The molecule has 0 spiro atoms. The van der Waals surface area contributed by atoms with Gasteiger partial charge in [0.25, 0.3) is 5.56 Å². The molecule has 6 heteroatoms. The van der Waals surface area contributed by atoms with Crippen LogP contribution in [-0.2, 0) is 6.54 Å². The molecule has 3 rings (SSSR count). The van der Waals surface area contributed by atoms with Crippen molar-refractivity contribution in [1.82, 2.24) is 4.57 Å². The Balaban J connectivity index is 2.17. The Hall–Kier alpha value is -2.25. The van der Waals surface area contributed by atoms with Gasteiger partial charge in [0.1, 0.15) is 11.6 Å². The van der Waals surface area contributed by atoms with Crippen LogP contribution in [0.2, 0.25) is 15.1 Å². The second-order valence-electron chi connectivity index (χ2n) is 5.38. The molecule has 0 bridgehead atoms. The molecule has 0 saturated heterocycles. The van der Waals surface area contributed by atoms with Crippen molar-refractivity contribution < 1.29 is 0 Å². The van der Waals surface area contributed by atoms with Gasteiger partial charge in [-0.3, -0.25) is 4.79 Å². The molecule has 0 fully saturated rings. The molecular weight excluding hydrogens is 379 g/mol. The molecule has 1 heterocycles. The molecule has 0 N–H and O–H groups in total. The van der Waals surface area contributed by atoms with Gasteiger partial charge in [0.15, 0.2) is 0 Å². The average Bonchev–Trinajstić information content (AvgIpc) is 2.59. The molecule has 0 aliphatic rings. The Bertz CT molecular complexity index is 1030. The predicted molar refractivity (Wildman–Crippen MR) is 101 cm³/mol. The molecule has 0 amide bonds. The smallest absolute Gasteiger partial charge is 0.269 e. The number of hydrogen-bond acceptors (Lipinski definition) is 2. The summed E-state index contributed by atoms with van der Waals surface area (Å²) in [4.78, 5) is 12.7. The Morgan fingerprint density at radius 2 is 1.60 bits per heavy atom. The number of halogens is 3. The van der Waals surface area contributed by atoms with Crippen molar-refractivity contribution in [2.24, 2.45) is 0 Å². The van der Waals surface area contributed by atoms with Crippen LogP contribution < -0.4 is 5.56 Å². The maximum absolute atomic E-state index is 12.7. The molecule has 0 aliphatic carbocycles. The first kappa shape index (κ1) is 17.6. The minimum Gasteiger partial charge on any atom is -0.303 e. The van der Waals surface area contributed by atoms with Gasteiger partial charge in [-0.1, -0.05) is 53.0 Å². The van der Waals surface area contributed by atoms with E-state index in [1.165, 1.54) is 10.6 Å². The molecule has 3 nitrogen and oxygen atoms in total. The van der Waals surface area contributed by atoms with Gasteiger partial charge in [-0.05, 0) is 47.5 Å². The molecule has 124 valence electrons. The van der Waals surface area contributed by atoms with Crippen LogP contribution in [-0.4, -0.2) is 4.57 Å². The zero-order chi connectivity index (χ0) is 18.0. The lowest BCUT2D eigenvalue weighted by atomic mass is 10.1. The third-order valence-electron chi connectivity index (χ3n) is 3.78. The highest BCUT2D eigenvalue weighted by Crippen LogP contribution is 2.25. The quantitative estimate of drug-likeness (QED) is 0.602. The van der Waals surface area contributed by atoms with E-state index in [1.54, 1.807) is 36.4 Å². The second-order valence-corrected chi connectivity index (χ2v) is 6.66. The van der Waals surface area contributed by atoms with Gasteiger partial charge in [-0.25, -0.2) is 0 Å². The number of benzene rings is 2. The van der Waals surface area contributed by atoms with Crippen molar-refractivity contribution in [2.45, 2.75) is 6.54 Å². The fraction of sp³-hybridized carbons (Fsp3) is 0.0526. The van der Waals surface area contributed by atoms with E-state index < -0.39 is 0 Å². The number of hydrogen-bond donors (Lipinski definition) is 0. The minimum absolute atomic E-state index is 0.0720. The maximum atomic E-state index is 12.7.